The van der Waals surface area contributed by atoms with Crippen LogP contribution in [0.1, 0.15) is 25.7 Å². The summed E-state index contributed by atoms with van der Waals surface area (Å²) in [6, 6.07) is 7.03. The van der Waals surface area contributed by atoms with Gasteiger partial charge >= 0.3 is 5.63 Å². The number of anilines is 1. The Morgan fingerprint density at radius 2 is 2.07 bits per heavy atom. The van der Waals surface area contributed by atoms with Gasteiger partial charge in [0, 0.05) is 36.7 Å². The van der Waals surface area contributed by atoms with E-state index < -0.39 is 5.63 Å². The Labute approximate surface area is 176 Å². The number of ether oxygens (including phenoxy) is 1. The number of para-hydroxylation sites is 1. The molecule has 0 unspecified atom stereocenters. The SMILES string of the molecule is COc1cccc2cc(-c3csc(NC(=O)CCC(=O)N4CCCC4)n3)c(=O)oc12. The summed E-state index contributed by atoms with van der Waals surface area (Å²) in [7, 11) is 1.51. The summed E-state index contributed by atoms with van der Waals surface area (Å²) in [6.45, 7) is 1.55. The van der Waals surface area contributed by atoms with Crippen molar-refractivity contribution in [3.05, 3.63) is 40.1 Å². The molecule has 30 heavy (non-hydrogen) atoms. The van der Waals surface area contributed by atoms with Crippen molar-refractivity contribution in [2.75, 3.05) is 25.5 Å². The van der Waals surface area contributed by atoms with Gasteiger partial charge in [0.1, 0.15) is 0 Å². The zero-order chi connectivity index (χ0) is 21.1. The van der Waals surface area contributed by atoms with Gasteiger partial charge in [0.05, 0.1) is 18.4 Å². The minimum atomic E-state index is -0.536. The average molecular weight is 427 g/mol. The van der Waals surface area contributed by atoms with Gasteiger partial charge < -0.3 is 19.4 Å². The molecule has 3 aromatic rings. The molecule has 156 valence electrons. The molecule has 1 aromatic carbocycles. The molecule has 4 rings (SSSR count). The van der Waals surface area contributed by atoms with Crippen LogP contribution in [0.2, 0.25) is 0 Å². The van der Waals surface area contributed by atoms with Crippen LogP contribution in [0.25, 0.3) is 22.2 Å². The van der Waals surface area contributed by atoms with Gasteiger partial charge in [0.2, 0.25) is 11.8 Å². The number of hydrogen-bond donors (Lipinski definition) is 1. The molecule has 0 radical (unpaired) electrons. The van der Waals surface area contributed by atoms with Crippen molar-refractivity contribution in [1.82, 2.24) is 9.88 Å². The van der Waals surface area contributed by atoms with Crippen molar-refractivity contribution < 1.29 is 18.7 Å². The molecule has 1 N–H and O–H groups in total. The highest BCUT2D eigenvalue weighted by Gasteiger charge is 2.19. The number of benzene rings is 1. The predicted octanol–water partition coefficient (Wildman–Crippen LogP) is 3.27. The molecule has 8 nitrogen and oxygen atoms in total. The molecule has 1 aliphatic heterocycles. The van der Waals surface area contributed by atoms with Crippen molar-refractivity contribution in [2.45, 2.75) is 25.7 Å². The van der Waals surface area contributed by atoms with E-state index in [1.54, 1.807) is 28.5 Å². The molecule has 0 atom stereocenters. The van der Waals surface area contributed by atoms with Gasteiger partial charge in [0.15, 0.2) is 16.5 Å². The molecule has 0 spiro atoms. The Morgan fingerprint density at radius 3 is 2.83 bits per heavy atom. The number of amides is 2. The third-order valence-corrected chi connectivity index (χ3v) is 5.75. The first kappa shape index (κ1) is 20.1. The second-order valence-corrected chi connectivity index (χ2v) is 7.86. The quantitative estimate of drug-likeness (QED) is 0.606. The molecule has 1 fully saturated rings. The Morgan fingerprint density at radius 1 is 1.27 bits per heavy atom. The van der Waals surface area contributed by atoms with Crippen molar-refractivity contribution >= 4 is 39.3 Å². The lowest BCUT2D eigenvalue weighted by Crippen LogP contribution is -2.28. The van der Waals surface area contributed by atoms with Gasteiger partial charge in [-0.3, -0.25) is 9.59 Å². The zero-order valence-electron chi connectivity index (χ0n) is 16.5. The van der Waals surface area contributed by atoms with Crippen molar-refractivity contribution in [2.24, 2.45) is 0 Å². The van der Waals surface area contributed by atoms with Crippen LogP contribution in [0.15, 0.2) is 38.9 Å². The molecule has 1 aliphatic rings. The van der Waals surface area contributed by atoms with Crippen LogP contribution in [0.3, 0.4) is 0 Å². The van der Waals surface area contributed by atoms with E-state index in [1.807, 2.05) is 6.07 Å². The average Bonchev–Trinajstić information content (AvgIpc) is 3.43. The molecule has 3 heterocycles. The molecular weight excluding hydrogens is 406 g/mol. The van der Waals surface area contributed by atoms with Gasteiger partial charge in [-0.15, -0.1) is 11.3 Å². The van der Waals surface area contributed by atoms with Crippen LogP contribution < -0.4 is 15.7 Å². The topological polar surface area (TPSA) is 102 Å². The summed E-state index contributed by atoms with van der Waals surface area (Å²) in [5.41, 5.74) is 0.560. The maximum absolute atomic E-state index is 12.4. The van der Waals surface area contributed by atoms with Crippen LogP contribution in [0, 0.1) is 0 Å². The van der Waals surface area contributed by atoms with Crippen LogP contribution in [-0.2, 0) is 9.59 Å². The second kappa shape index (κ2) is 8.66. The summed E-state index contributed by atoms with van der Waals surface area (Å²) in [5, 5.41) is 5.46. The number of rotatable bonds is 6. The molecule has 9 heteroatoms. The molecular formula is C21H21N3O5S. The number of hydrogen-bond acceptors (Lipinski definition) is 7. The fourth-order valence-electron chi connectivity index (χ4n) is 3.44. The third-order valence-electron chi connectivity index (χ3n) is 4.99. The van der Waals surface area contributed by atoms with Crippen LogP contribution in [-0.4, -0.2) is 41.9 Å². The lowest BCUT2D eigenvalue weighted by molar-refractivity contribution is -0.131. The summed E-state index contributed by atoms with van der Waals surface area (Å²) in [4.78, 5) is 42.8. The first-order valence-corrected chi connectivity index (χ1v) is 10.6. The summed E-state index contributed by atoms with van der Waals surface area (Å²) < 4.78 is 10.7. The standard InChI is InChI=1S/C21H21N3O5S/c1-28-16-6-4-5-13-11-14(20(27)29-19(13)16)15-12-30-21(22-15)23-17(25)7-8-18(26)24-9-2-3-10-24/h4-6,11-12H,2-3,7-10H2,1H3,(H,22,23,25). The number of methoxy groups -OCH3 is 1. The normalized spacial score (nSPS) is 13.6. The van der Waals surface area contributed by atoms with E-state index in [-0.39, 0.29) is 24.7 Å². The Kier molecular flexibility index (Phi) is 5.80. The van der Waals surface area contributed by atoms with Gasteiger partial charge in [-0.1, -0.05) is 12.1 Å². The number of carbonyl (C=O) groups is 2. The van der Waals surface area contributed by atoms with Crippen LogP contribution in [0.5, 0.6) is 5.75 Å². The van der Waals surface area contributed by atoms with E-state index in [2.05, 4.69) is 10.3 Å². The monoisotopic (exact) mass is 427 g/mol. The first-order chi connectivity index (χ1) is 14.5. The van der Waals surface area contributed by atoms with Gasteiger partial charge in [-0.2, -0.15) is 0 Å². The molecule has 2 amide bonds. The summed E-state index contributed by atoms with van der Waals surface area (Å²) in [5.74, 6) is 0.205. The number of nitrogens with zero attached hydrogens (tertiary/aromatic N) is 2. The van der Waals surface area contributed by atoms with Crippen LogP contribution in [0.4, 0.5) is 5.13 Å². The highest BCUT2D eigenvalue weighted by Crippen LogP contribution is 2.29. The third kappa shape index (κ3) is 4.20. The highest BCUT2D eigenvalue weighted by molar-refractivity contribution is 7.14. The number of carbonyl (C=O) groups excluding carboxylic acids is 2. The zero-order valence-corrected chi connectivity index (χ0v) is 17.3. The molecule has 2 aromatic heterocycles. The lowest BCUT2D eigenvalue weighted by atomic mass is 10.1. The molecule has 0 aliphatic carbocycles. The molecule has 0 bridgehead atoms. The van der Waals surface area contributed by atoms with E-state index in [0.29, 0.717) is 33.1 Å². The smallest absolute Gasteiger partial charge is 0.345 e. The van der Waals surface area contributed by atoms with Crippen LogP contribution >= 0.6 is 11.3 Å². The minimum Gasteiger partial charge on any atom is -0.493 e. The van der Waals surface area contributed by atoms with Gasteiger partial charge in [0.25, 0.3) is 0 Å². The first-order valence-electron chi connectivity index (χ1n) is 9.69. The fourth-order valence-corrected chi connectivity index (χ4v) is 4.17. The van der Waals surface area contributed by atoms with Crippen molar-refractivity contribution in [1.29, 1.82) is 0 Å². The van der Waals surface area contributed by atoms with E-state index in [9.17, 15) is 14.4 Å². The summed E-state index contributed by atoms with van der Waals surface area (Å²) >= 11 is 1.21. The van der Waals surface area contributed by atoms with Gasteiger partial charge in [-0.25, -0.2) is 9.78 Å². The van der Waals surface area contributed by atoms with Gasteiger partial charge in [-0.05, 0) is 25.0 Å². The largest absolute Gasteiger partial charge is 0.493 e. The van der Waals surface area contributed by atoms with Crippen molar-refractivity contribution in [3.8, 4) is 17.0 Å². The molecule has 1 saturated heterocycles. The predicted molar refractivity (Wildman–Crippen MR) is 114 cm³/mol. The Balaban J connectivity index is 1.45. The lowest BCUT2D eigenvalue weighted by Gasteiger charge is -2.14. The summed E-state index contributed by atoms with van der Waals surface area (Å²) in [6.07, 6.45) is 2.33. The fraction of sp³-hybridized carbons (Fsp3) is 0.333. The van der Waals surface area contributed by atoms with E-state index in [1.165, 1.54) is 18.4 Å². The maximum atomic E-state index is 12.4. The second-order valence-electron chi connectivity index (χ2n) is 7.00. The number of nitrogens with one attached hydrogen (secondary N) is 1. The van der Waals surface area contributed by atoms with E-state index in [0.717, 1.165) is 25.9 Å². The highest BCUT2D eigenvalue weighted by atomic mass is 32.1. The van der Waals surface area contributed by atoms with E-state index in [4.69, 9.17) is 9.15 Å². The number of aromatic nitrogens is 1. The molecule has 0 saturated carbocycles. The number of fused-ring (bicyclic) bond motifs is 1. The Bertz CT molecular complexity index is 1150. The Hall–Kier alpha value is -3.20. The maximum Gasteiger partial charge on any atom is 0.345 e. The number of likely N-dealkylation sites (tertiary alicyclic amines) is 1. The van der Waals surface area contributed by atoms with E-state index >= 15 is 0 Å². The minimum absolute atomic E-state index is 0.00618. The van der Waals surface area contributed by atoms with Crippen molar-refractivity contribution in [3.63, 3.8) is 0 Å². The number of thiazole rings is 1.